The fourth-order valence-electron chi connectivity index (χ4n) is 3.03. The SMILES string of the molecule is O=c1c(-c2ccc(F)cc2F)coc2cc(OC3CCCCO3)ccc12. The van der Waals surface area contributed by atoms with E-state index in [0.29, 0.717) is 23.3 Å². The van der Waals surface area contributed by atoms with E-state index in [4.69, 9.17) is 13.9 Å². The van der Waals surface area contributed by atoms with E-state index in [2.05, 4.69) is 0 Å². The summed E-state index contributed by atoms with van der Waals surface area (Å²) in [5.41, 5.74) is -0.0240. The molecule has 1 fully saturated rings. The molecule has 0 radical (unpaired) electrons. The molecule has 2 aromatic carbocycles. The predicted molar refractivity (Wildman–Crippen MR) is 92.1 cm³/mol. The van der Waals surface area contributed by atoms with Gasteiger partial charge < -0.3 is 13.9 Å². The van der Waals surface area contributed by atoms with Crippen molar-refractivity contribution in [3.05, 3.63) is 64.5 Å². The van der Waals surface area contributed by atoms with Crippen LogP contribution in [0.3, 0.4) is 0 Å². The summed E-state index contributed by atoms with van der Waals surface area (Å²) in [5, 5.41) is 0.295. The minimum atomic E-state index is -0.814. The average molecular weight is 358 g/mol. The molecule has 1 aliphatic heterocycles. The van der Waals surface area contributed by atoms with E-state index in [9.17, 15) is 13.6 Å². The van der Waals surface area contributed by atoms with E-state index in [-0.39, 0.29) is 17.4 Å². The summed E-state index contributed by atoms with van der Waals surface area (Å²) in [7, 11) is 0. The third-order valence-corrected chi connectivity index (χ3v) is 4.37. The Morgan fingerprint density at radius 2 is 1.92 bits per heavy atom. The Bertz CT molecular complexity index is 1010. The maximum Gasteiger partial charge on any atom is 0.200 e. The lowest BCUT2D eigenvalue weighted by Crippen LogP contribution is -2.24. The number of hydrogen-bond acceptors (Lipinski definition) is 4. The summed E-state index contributed by atoms with van der Waals surface area (Å²) in [6, 6.07) is 7.90. The molecular weight excluding hydrogens is 342 g/mol. The van der Waals surface area contributed by atoms with Crippen molar-refractivity contribution >= 4 is 11.0 Å². The van der Waals surface area contributed by atoms with Crippen LogP contribution in [0.4, 0.5) is 8.78 Å². The highest BCUT2D eigenvalue weighted by atomic mass is 19.1. The molecule has 4 rings (SSSR count). The zero-order valence-electron chi connectivity index (χ0n) is 13.8. The van der Waals surface area contributed by atoms with Gasteiger partial charge >= 0.3 is 0 Å². The van der Waals surface area contributed by atoms with Crippen molar-refractivity contribution in [3.63, 3.8) is 0 Å². The Hall–Kier alpha value is -2.73. The summed E-state index contributed by atoms with van der Waals surface area (Å²) in [5.74, 6) is -0.984. The van der Waals surface area contributed by atoms with Gasteiger partial charge in [-0.3, -0.25) is 4.79 Å². The first-order valence-electron chi connectivity index (χ1n) is 8.41. The van der Waals surface area contributed by atoms with Crippen molar-refractivity contribution < 1.29 is 22.7 Å². The first-order valence-corrected chi connectivity index (χ1v) is 8.41. The second kappa shape index (κ2) is 6.88. The third-order valence-electron chi connectivity index (χ3n) is 4.37. The van der Waals surface area contributed by atoms with Crippen molar-refractivity contribution in [1.29, 1.82) is 0 Å². The van der Waals surface area contributed by atoms with Crippen LogP contribution in [0.5, 0.6) is 5.75 Å². The fraction of sp³-hybridized carbons (Fsp3) is 0.250. The van der Waals surface area contributed by atoms with Crippen LogP contribution in [0.1, 0.15) is 19.3 Å². The minimum Gasteiger partial charge on any atom is -0.465 e. The van der Waals surface area contributed by atoms with Gasteiger partial charge in [-0.2, -0.15) is 0 Å². The highest BCUT2D eigenvalue weighted by Gasteiger charge is 2.17. The van der Waals surface area contributed by atoms with E-state index in [1.54, 1.807) is 18.2 Å². The van der Waals surface area contributed by atoms with E-state index >= 15 is 0 Å². The minimum absolute atomic E-state index is 0.00187. The molecule has 1 aliphatic rings. The summed E-state index contributed by atoms with van der Waals surface area (Å²) >= 11 is 0. The van der Waals surface area contributed by atoms with E-state index in [1.165, 1.54) is 12.3 Å². The Labute approximate surface area is 148 Å². The van der Waals surface area contributed by atoms with Crippen LogP contribution >= 0.6 is 0 Å². The molecular formula is C20H16F2O4. The molecule has 1 atom stereocenters. The maximum absolute atomic E-state index is 14.0. The number of hydrogen-bond donors (Lipinski definition) is 0. The van der Waals surface area contributed by atoms with Crippen LogP contribution in [-0.4, -0.2) is 12.9 Å². The Balaban J connectivity index is 1.69. The molecule has 2 heterocycles. The standard InChI is InChI=1S/C20H16F2O4/c21-12-4-6-14(17(22)9-12)16-11-25-18-10-13(5-7-15(18)20(16)23)26-19-3-1-2-8-24-19/h4-7,9-11,19H,1-3,8H2. The number of fused-ring (bicyclic) bond motifs is 1. The topological polar surface area (TPSA) is 48.7 Å². The first-order chi connectivity index (χ1) is 12.6. The molecule has 134 valence electrons. The second-order valence-electron chi connectivity index (χ2n) is 6.17. The summed E-state index contributed by atoms with van der Waals surface area (Å²) in [6.45, 7) is 0.667. The highest BCUT2D eigenvalue weighted by molar-refractivity contribution is 5.82. The van der Waals surface area contributed by atoms with Crippen molar-refractivity contribution in [2.24, 2.45) is 0 Å². The second-order valence-corrected chi connectivity index (χ2v) is 6.17. The third kappa shape index (κ3) is 3.20. The Morgan fingerprint density at radius 1 is 1.04 bits per heavy atom. The van der Waals surface area contributed by atoms with E-state index in [0.717, 1.165) is 31.4 Å². The van der Waals surface area contributed by atoms with Gasteiger partial charge in [-0.1, -0.05) is 0 Å². The van der Waals surface area contributed by atoms with E-state index < -0.39 is 17.1 Å². The smallest absolute Gasteiger partial charge is 0.200 e. The van der Waals surface area contributed by atoms with Crippen LogP contribution in [0.2, 0.25) is 0 Å². The average Bonchev–Trinajstić information content (AvgIpc) is 2.64. The van der Waals surface area contributed by atoms with Crippen LogP contribution in [0.15, 0.2) is 51.9 Å². The molecule has 26 heavy (non-hydrogen) atoms. The predicted octanol–water partition coefficient (Wildman–Crippen LogP) is 4.64. The van der Waals surface area contributed by atoms with Crippen LogP contribution < -0.4 is 10.2 Å². The van der Waals surface area contributed by atoms with Gasteiger partial charge in [-0.25, -0.2) is 8.78 Å². The van der Waals surface area contributed by atoms with Crippen LogP contribution in [0, 0.1) is 11.6 Å². The summed E-state index contributed by atoms with van der Waals surface area (Å²) in [6.07, 6.45) is 3.75. The summed E-state index contributed by atoms with van der Waals surface area (Å²) in [4.78, 5) is 12.7. The molecule has 0 aliphatic carbocycles. The number of halogens is 2. The zero-order valence-corrected chi connectivity index (χ0v) is 13.8. The molecule has 0 N–H and O–H groups in total. The molecule has 4 nitrogen and oxygen atoms in total. The maximum atomic E-state index is 14.0. The largest absolute Gasteiger partial charge is 0.465 e. The lowest BCUT2D eigenvalue weighted by molar-refractivity contribution is -0.105. The van der Waals surface area contributed by atoms with Crippen LogP contribution in [0.25, 0.3) is 22.1 Å². The van der Waals surface area contributed by atoms with Gasteiger partial charge in [-0.15, -0.1) is 0 Å². The highest BCUT2D eigenvalue weighted by Crippen LogP contribution is 2.26. The van der Waals surface area contributed by atoms with Gasteiger partial charge in [0.25, 0.3) is 0 Å². The Kier molecular flexibility index (Phi) is 4.42. The van der Waals surface area contributed by atoms with Crippen molar-refractivity contribution in [2.75, 3.05) is 6.61 Å². The summed E-state index contributed by atoms with van der Waals surface area (Å²) < 4.78 is 43.9. The molecule has 6 heteroatoms. The lowest BCUT2D eigenvalue weighted by atomic mass is 10.0. The molecule has 1 saturated heterocycles. The molecule has 1 unspecified atom stereocenters. The number of benzene rings is 2. The van der Waals surface area contributed by atoms with Crippen molar-refractivity contribution in [1.82, 2.24) is 0 Å². The van der Waals surface area contributed by atoms with Gasteiger partial charge in [-0.05, 0) is 37.1 Å². The van der Waals surface area contributed by atoms with Crippen molar-refractivity contribution in [3.8, 4) is 16.9 Å². The molecule has 3 aromatic rings. The molecule has 1 aromatic heterocycles. The first kappa shape index (κ1) is 16.7. The van der Waals surface area contributed by atoms with Gasteiger partial charge in [0.05, 0.1) is 17.6 Å². The molecule has 0 spiro atoms. The quantitative estimate of drug-likeness (QED) is 0.684. The fourth-order valence-corrected chi connectivity index (χ4v) is 3.03. The number of rotatable bonds is 3. The molecule has 0 saturated carbocycles. The van der Waals surface area contributed by atoms with Crippen LogP contribution in [-0.2, 0) is 4.74 Å². The zero-order chi connectivity index (χ0) is 18.1. The molecule has 0 amide bonds. The van der Waals surface area contributed by atoms with Crippen molar-refractivity contribution in [2.45, 2.75) is 25.6 Å². The lowest BCUT2D eigenvalue weighted by Gasteiger charge is -2.23. The van der Waals surface area contributed by atoms with Gasteiger partial charge in [0.1, 0.15) is 29.2 Å². The molecule has 0 bridgehead atoms. The monoisotopic (exact) mass is 358 g/mol. The van der Waals surface area contributed by atoms with E-state index in [1.807, 2.05) is 0 Å². The van der Waals surface area contributed by atoms with Gasteiger partial charge in [0.15, 0.2) is 6.29 Å². The Morgan fingerprint density at radius 3 is 2.69 bits per heavy atom. The number of ether oxygens (including phenoxy) is 2. The van der Waals surface area contributed by atoms with Gasteiger partial charge in [0.2, 0.25) is 5.43 Å². The van der Waals surface area contributed by atoms with Gasteiger partial charge in [0, 0.05) is 24.1 Å². The normalized spacial score (nSPS) is 17.4.